The van der Waals surface area contributed by atoms with Crippen molar-refractivity contribution in [2.24, 2.45) is 0 Å². The van der Waals surface area contributed by atoms with Crippen molar-refractivity contribution in [1.82, 2.24) is 10.9 Å². The zero-order valence-electron chi connectivity index (χ0n) is 13.4. The van der Waals surface area contributed by atoms with Crippen LogP contribution < -0.4 is 20.3 Å². The highest BCUT2D eigenvalue weighted by molar-refractivity contribution is 5.97. The van der Waals surface area contributed by atoms with Crippen molar-refractivity contribution >= 4 is 22.8 Å². The van der Waals surface area contributed by atoms with Gasteiger partial charge in [0.2, 0.25) is 0 Å². The molecule has 25 heavy (non-hydrogen) atoms. The van der Waals surface area contributed by atoms with E-state index in [2.05, 4.69) is 10.9 Å². The summed E-state index contributed by atoms with van der Waals surface area (Å²) in [4.78, 5) is 23.8. The van der Waals surface area contributed by atoms with Crippen molar-refractivity contribution in [1.29, 1.82) is 0 Å². The van der Waals surface area contributed by atoms with E-state index >= 15 is 0 Å². The van der Waals surface area contributed by atoms with Crippen molar-refractivity contribution in [2.45, 2.75) is 0 Å². The van der Waals surface area contributed by atoms with Gasteiger partial charge in [0.15, 0.2) is 23.9 Å². The molecule has 0 atom stereocenters. The van der Waals surface area contributed by atoms with Gasteiger partial charge in [-0.1, -0.05) is 30.3 Å². The van der Waals surface area contributed by atoms with E-state index in [0.29, 0.717) is 17.1 Å². The largest absolute Gasteiger partial charge is 0.493 e. The molecule has 0 spiro atoms. The molecular weight excluding hydrogens is 324 g/mol. The summed E-state index contributed by atoms with van der Waals surface area (Å²) in [6.45, 7) is -0.277. The Labute approximate surface area is 143 Å². The van der Waals surface area contributed by atoms with Crippen molar-refractivity contribution in [2.75, 3.05) is 13.7 Å². The van der Waals surface area contributed by atoms with Crippen LogP contribution in [0.25, 0.3) is 11.0 Å². The lowest BCUT2D eigenvalue weighted by atomic mass is 10.2. The molecule has 0 aliphatic carbocycles. The zero-order valence-corrected chi connectivity index (χ0v) is 13.4. The van der Waals surface area contributed by atoms with Gasteiger partial charge in [0.1, 0.15) is 5.58 Å². The monoisotopic (exact) mass is 340 g/mol. The summed E-state index contributed by atoms with van der Waals surface area (Å²) in [5.74, 6) is -0.0188. The van der Waals surface area contributed by atoms with Gasteiger partial charge < -0.3 is 13.9 Å². The van der Waals surface area contributed by atoms with Crippen LogP contribution in [0.1, 0.15) is 10.6 Å². The van der Waals surface area contributed by atoms with Crippen LogP contribution in [0.15, 0.2) is 59.0 Å². The van der Waals surface area contributed by atoms with E-state index < -0.39 is 11.8 Å². The average Bonchev–Trinajstić information content (AvgIpc) is 3.09. The smallest absolute Gasteiger partial charge is 0.305 e. The maximum atomic E-state index is 12.0. The zero-order chi connectivity index (χ0) is 17.6. The number of hydrogen-bond donors (Lipinski definition) is 2. The maximum absolute atomic E-state index is 12.0. The lowest BCUT2D eigenvalue weighted by molar-refractivity contribution is -0.123. The van der Waals surface area contributed by atoms with E-state index in [1.807, 2.05) is 18.2 Å². The van der Waals surface area contributed by atoms with Gasteiger partial charge in [-0.15, -0.1) is 0 Å². The number of amides is 2. The van der Waals surface area contributed by atoms with Crippen molar-refractivity contribution in [3.63, 3.8) is 0 Å². The number of nitrogens with one attached hydrogen (secondary N) is 2. The molecule has 7 heteroatoms. The minimum absolute atomic E-state index is 0.104. The molecule has 1 heterocycles. The highest BCUT2D eigenvalue weighted by Gasteiger charge is 2.13. The minimum Gasteiger partial charge on any atom is -0.493 e. The number of ether oxygens (including phenoxy) is 2. The van der Waals surface area contributed by atoms with Crippen molar-refractivity contribution < 1.29 is 23.5 Å². The Morgan fingerprint density at radius 2 is 1.72 bits per heavy atom. The van der Waals surface area contributed by atoms with E-state index in [0.717, 1.165) is 5.39 Å². The molecule has 7 nitrogen and oxygen atoms in total. The fourth-order valence-corrected chi connectivity index (χ4v) is 2.20. The van der Waals surface area contributed by atoms with Crippen molar-refractivity contribution in [3.8, 4) is 11.5 Å². The molecule has 3 rings (SSSR count). The van der Waals surface area contributed by atoms with Crippen molar-refractivity contribution in [3.05, 3.63) is 60.4 Å². The molecule has 1 aromatic heterocycles. The molecule has 0 saturated heterocycles. The van der Waals surface area contributed by atoms with E-state index in [4.69, 9.17) is 13.9 Å². The van der Waals surface area contributed by atoms with Crippen LogP contribution in [0.2, 0.25) is 0 Å². The van der Waals surface area contributed by atoms with Crippen LogP contribution in [-0.4, -0.2) is 25.5 Å². The Balaban J connectivity index is 1.52. The Morgan fingerprint density at radius 1 is 1.00 bits per heavy atom. The average molecular weight is 340 g/mol. The number of rotatable bonds is 5. The van der Waals surface area contributed by atoms with Crippen LogP contribution in [0, 0.1) is 0 Å². The van der Waals surface area contributed by atoms with Gasteiger partial charge in [0.05, 0.1) is 7.11 Å². The Morgan fingerprint density at radius 3 is 2.48 bits per heavy atom. The number of hydrazine groups is 1. The molecule has 3 aromatic rings. The first-order chi connectivity index (χ1) is 12.2. The summed E-state index contributed by atoms with van der Waals surface area (Å²) >= 11 is 0. The number of fused-ring (bicyclic) bond motifs is 1. The third-order valence-electron chi connectivity index (χ3n) is 3.39. The van der Waals surface area contributed by atoms with E-state index in [1.165, 1.54) is 7.11 Å². The standard InChI is InChI=1S/C18H16N2O5/c1-23-14-8-4-5-9-15(14)24-11-17(21)19-20-18(22)16-10-12-6-2-3-7-13(12)25-16/h2-10H,11H2,1H3,(H,19,21)(H,20,22). The highest BCUT2D eigenvalue weighted by Crippen LogP contribution is 2.25. The molecule has 2 N–H and O–H groups in total. The number of carbonyl (C=O) groups excluding carboxylic acids is 2. The Hall–Kier alpha value is -3.48. The Kier molecular flexibility index (Phi) is 4.84. The topological polar surface area (TPSA) is 89.8 Å². The number of carbonyl (C=O) groups is 2. The highest BCUT2D eigenvalue weighted by atomic mass is 16.5. The van der Waals surface area contributed by atoms with E-state index in [1.54, 1.807) is 36.4 Å². The minimum atomic E-state index is -0.554. The lowest BCUT2D eigenvalue weighted by Crippen LogP contribution is -2.43. The summed E-state index contributed by atoms with van der Waals surface area (Å²) in [5, 5.41) is 0.804. The number of methoxy groups -OCH3 is 1. The van der Waals surface area contributed by atoms with E-state index in [-0.39, 0.29) is 12.4 Å². The molecule has 0 aliphatic heterocycles. The van der Waals surface area contributed by atoms with Crippen LogP contribution in [0.3, 0.4) is 0 Å². The number of furan rings is 1. The molecule has 0 unspecified atom stereocenters. The van der Waals surface area contributed by atoms with E-state index in [9.17, 15) is 9.59 Å². The van der Waals surface area contributed by atoms with Gasteiger partial charge >= 0.3 is 5.91 Å². The maximum Gasteiger partial charge on any atom is 0.305 e. The SMILES string of the molecule is COc1ccccc1OCC(=O)NNC(=O)c1cc2ccccc2o1. The molecule has 0 bridgehead atoms. The van der Waals surface area contributed by atoms with Crippen LogP contribution in [0.4, 0.5) is 0 Å². The number of benzene rings is 2. The number of hydrogen-bond acceptors (Lipinski definition) is 5. The third kappa shape index (κ3) is 3.89. The third-order valence-corrected chi connectivity index (χ3v) is 3.39. The first-order valence-electron chi connectivity index (χ1n) is 7.51. The van der Waals surface area contributed by atoms with Gasteiger partial charge in [-0.05, 0) is 24.3 Å². The van der Waals surface area contributed by atoms with Gasteiger partial charge in [-0.2, -0.15) is 0 Å². The molecule has 0 radical (unpaired) electrons. The summed E-state index contributed by atoms with van der Waals surface area (Å²) in [5.41, 5.74) is 5.15. The van der Waals surface area contributed by atoms with Crippen LogP contribution >= 0.6 is 0 Å². The predicted molar refractivity (Wildman–Crippen MR) is 90.3 cm³/mol. The summed E-state index contributed by atoms with van der Waals surface area (Å²) in [6, 6.07) is 15.8. The van der Waals surface area contributed by atoms with Gasteiger partial charge in [-0.25, -0.2) is 0 Å². The molecule has 2 aromatic carbocycles. The molecule has 2 amide bonds. The normalized spacial score (nSPS) is 10.3. The summed E-state index contributed by atoms with van der Waals surface area (Å²) in [6.07, 6.45) is 0. The number of para-hydroxylation sites is 3. The molecule has 0 fully saturated rings. The first kappa shape index (κ1) is 16.4. The first-order valence-corrected chi connectivity index (χ1v) is 7.51. The Bertz CT molecular complexity index is 870. The predicted octanol–water partition coefficient (Wildman–Crippen LogP) is 2.28. The van der Waals surface area contributed by atoms with Gasteiger partial charge in [0.25, 0.3) is 5.91 Å². The molecule has 128 valence electrons. The summed E-state index contributed by atoms with van der Waals surface area (Å²) < 4.78 is 15.9. The summed E-state index contributed by atoms with van der Waals surface area (Å²) in [7, 11) is 1.51. The molecule has 0 saturated carbocycles. The second-order valence-electron chi connectivity index (χ2n) is 5.09. The van der Waals surface area contributed by atoms with Gasteiger partial charge in [0, 0.05) is 5.39 Å². The molecule has 0 aliphatic rings. The quantitative estimate of drug-likeness (QED) is 0.696. The fraction of sp³-hybridized carbons (Fsp3) is 0.111. The van der Waals surface area contributed by atoms with Gasteiger partial charge in [-0.3, -0.25) is 20.4 Å². The van der Waals surface area contributed by atoms with Crippen LogP contribution in [-0.2, 0) is 4.79 Å². The molecular formula is C18H16N2O5. The lowest BCUT2D eigenvalue weighted by Gasteiger charge is -2.10. The second kappa shape index (κ2) is 7.39. The fourth-order valence-electron chi connectivity index (χ4n) is 2.20. The van der Waals surface area contributed by atoms with Crippen LogP contribution in [0.5, 0.6) is 11.5 Å². The second-order valence-corrected chi connectivity index (χ2v) is 5.09.